The Morgan fingerprint density at radius 3 is 1.91 bits per heavy atom. The van der Waals surface area contributed by atoms with E-state index in [9.17, 15) is 58.0 Å². The van der Waals surface area contributed by atoms with Crippen LogP contribution >= 0.6 is 0 Å². The summed E-state index contributed by atoms with van der Waals surface area (Å²) in [5.74, 6) is -3.19. The van der Waals surface area contributed by atoms with E-state index < -0.39 is 75.6 Å². The molecule has 0 aliphatic heterocycles. The fourth-order valence-electron chi connectivity index (χ4n) is 2.81. The lowest BCUT2D eigenvalue weighted by Gasteiger charge is -2.31. The Bertz CT molecular complexity index is 1070. The molecule has 0 unspecified atom stereocenters. The second-order valence-corrected chi connectivity index (χ2v) is 6.55. The highest BCUT2D eigenvalue weighted by Crippen LogP contribution is 2.54. The summed E-state index contributed by atoms with van der Waals surface area (Å²) in [7, 11) is 0. The van der Waals surface area contributed by atoms with Crippen molar-refractivity contribution >= 4 is 17.3 Å². The van der Waals surface area contributed by atoms with Crippen LogP contribution in [-0.4, -0.2) is 18.3 Å². The highest BCUT2D eigenvalue weighted by Gasteiger charge is 2.73. The highest BCUT2D eigenvalue weighted by molar-refractivity contribution is 6.05. The van der Waals surface area contributed by atoms with E-state index >= 15 is 0 Å². The molecule has 1 N–H and O–H groups in total. The Kier molecular flexibility index (Phi) is 6.51. The summed E-state index contributed by atoms with van der Waals surface area (Å²) >= 11 is 0. The third kappa shape index (κ3) is 4.61. The summed E-state index contributed by atoms with van der Waals surface area (Å²) in [6, 6.07) is 1.54. The molecule has 0 radical (unpaired) electrons. The Morgan fingerprint density at radius 2 is 1.45 bits per heavy atom. The maximum Gasteiger partial charge on any atom is 0.435 e. The number of carbonyl (C=O) groups is 1. The average Bonchev–Trinajstić information content (AvgIpc) is 2.66. The predicted molar refractivity (Wildman–Crippen MR) is 90.9 cm³/mol. The molecule has 2 rings (SSSR count). The van der Waals surface area contributed by atoms with Gasteiger partial charge in [-0.15, -0.1) is 4.91 Å². The van der Waals surface area contributed by atoms with Gasteiger partial charge in [0.05, 0.1) is 16.8 Å². The molecule has 4 nitrogen and oxygen atoms in total. The van der Waals surface area contributed by atoms with Gasteiger partial charge in [0.2, 0.25) is 0 Å². The molecule has 180 valence electrons. The number of nitrogens with one attached hydrogen (secondary N) is 1. The van der Waals surface area contributed by atoms with Crippen molar-refractivity contribution in [2.24, 2.45) is 5.18 Å². The lowest BCUT2D eigenvalue weighted by atomic mass is 9.90. The average molecular weight is 494 g/mol. The van der Waals surface area contributed by atoms with Crippen molar-refractivity contribution < 1.29 is 53.1 Å². The molecular weight excluding hydrogens is 485 g/mol. The molecule has 0 bridgehead atoms. The quantitative estimate of drug-likeness (QED) is 0.365. The van der Waals surface area contributed by atoms with Crippen LogP contribution in [0.2, 0.25) is 0 Å². The van der Waals surface area contributed by atoms with Crippen molar-refractivity contribution in [3.05, 3.63) is 63.3 Å². The maximum absolute atomic E-state index is 14.3. The van der Waals surface area contributed by atoms with E-state index in [2.05, 4.69) is 5.18 Å². The third-order valence-corrected chi connectivity index (χ3v) is 4.38. The molecule has 0 aliphatic rings. The Morgan fingerprint density at radius 1 is 0.909 bits per heavy atom. The number of alkyl halides is 10. The summed E-state index contributed by atoms with van der Waals surface area (Å²) < 4.78 is 147. The van der Waals surface area contributed by atoms with Crippen LogP contribution in [0.1, 0.15) is 27.0 Å². The molecule has 33 heavy (non-hydrogen) atoms. The van der Waals surface area contributed by atoms with Crippen LogP contribution in [-0.2, 0) is 11.8 Å². The van der Waals surface area contributed by atoms with Gasteiger partial charge in [-0.05, 0) is 35.9 Å². The first kappa shape index (κ1) is 26.0. The van der Waals surface area contributed by atoms with E-state index in [4.69, 9.17) is 0 Å². The molecule has 15 heteroatoms. The van der Waals surface area contributed by atoms with E-state index in [1.165, 1.54) is 5.32 Å². The number of rotatable bonds is 4. The van der Waals surface area contributed by atoms with Crippen molar-refractivity contribution in [1.29, 1.82) is 0 Å². The molecule has 0 aromatic heterocycles. The Balaban J connectivity index is 2.72. The van der Waals surface area contributed by atoms with Gasteiger partial charge in [-0.25, -0.2) is 8.78 Å². The van der Waals surface area contributed by atoms with Crippen molar-refractivity contribution in [3.8, 4) is 0 Å². The van der Waals surface area contributed by atoms with Gasteiger partial charge < -0.3 is 5.32 Å². The lowest BCUT2D eigenvalue weighted by molar-refractivity contribution is -0.348. The monoisotopic (exact) mass is 494 g/mol. The van der Waals surface area contributed by atoms with Gasteiger partial charge in [-0.2, -0.15) is 39.5 Å². The number of aryl methyl sites for hydroxylation is 1. The van der Waals surface area contributed by atoms with Crippen molar-refractivity contribution in [2.45, 2.75) is 31.1 Å². The standard InChI is InChI=1S/C18H9F11N2O2/c1-7-5-8(15(20,17(24,25)26)18(27,28)29)6-10(16(21,22)23)13(7)30-14(32)9-3-2-4-11(31-33)12(9)19/h2-6H,1H3,(H,30,32). The number of benzene rings is 2. The van der Waals surface area contributed by atoms with Crippen LogP contribution in [0.5, 0.6) is 0 Å². The van der Waals surface area contributed by atoms with E-state index in [-0.39, 0.29) is 6.07 Å². The molecule has 0 heterocycles. The topological polar surface area (TPSA) is 58.5 Å². The summed E-state index contributed by atoms with van der Waals surface area (Å²) in [5, 5.41) is 3.76. The molecule has 0 atom stereocenters. The number of nitrogens with zero attached hydrogens (tertiary/aromatic N) is 1. The summed E-state index contributed by atoms with van der Waals surface area (Å²) in [6.45, 7) is 0.571. The number of anilines is 1. The molecular formula is C18H9F11N2O2. The Labute approximate surface area is 176 Å². The lowest BCUT2D eigenvalue weighted by Crippen LogP contribution is -2.50. The smallest absolute Gasteiger partial charge is 0.321 e. The number of nitroso groups, excluding NO2 is 1. The Hall–Kier alpha value is -3.26. The van der Waals surface area contributed by atoms with E-state index in [0.29, 0.717) is 6.92 Å². The number of carbonyl (C=O) groups excluding carboxylic acids is 1. The minimum absolute atomic E-state index is 0.175. The molecule has 2 aromatic carbocycles. The first-order valence-corrected chi connectivity index (χ1v) is 8.34. The highest BCUT2D eigenvalue weighted by atomic mass is 19.4. The van der Waals surface area contributed by atoms with Crippen LogP contribution < -0.4 is 5.32 Å². The van der Waals surface area contributed by atoms with Gasteiger partial charge in [0.25, 0.3) is 5.91 Å². The zero-order valence-corrected chi connectivity index (χ0v) is 15.8. The zero-order chi connectivity index (χ0) is 25.6. The SMILES string of the molecule is Cc1cc(C(F)(C(F)(F)F)C(F)(F)F)cc(C(F)(F)F)c1NC(=O)c1cccc(N=O)c1F. The fraction of sp³-hybridized carbons (Fsp3) is 0.278. The second-order valence-electron chi connectivity index (χ2n) is 6.55. The zero-order valence-electron chi connectivity index (χ0n) is 15.8. The van der Waals surface area contributed by atoms with Crippen molar-refractivity contribution in [2.75, 3.05) is 5.32 Å². The summed E-state index contributed by atoms with van der Waals surface area (Å²) in [5.41, 5.74) is -15.2. The molecule has 0 fully saturated rings. The van der Waals surface area contributed by atoms with Crippen LogP contribution in [0.25, 0.3) is 0 Å². The number of amides is 1. The van der Waals surface area contributed by atoms with Gasteiger partial charge in [0, 0.05) is 5.56 Å². The van der Waals surface area contributed by atoms with Gasteiger partial charge >= 0.3 is 24.2 Å². The normalized spacial score (nSPS) is 13.1. The second kappa shape index (κ2) is 8.26. The molecule has 0 aliphatic carbocycles. The fourth-order valence-corrected chi connectivity index (χ4v) is 2.81. The largest absolute Gasteiger partial charge is 0.435 e. The predicted octanol–water partition coefficient (Wildman–Crippen LogP) is 7.09. The van der Waals surface area contributed by atoms with Gasteiger partial charge in [0.1, 0.15) is 5.69 Å². The van der Waals surface area contributed by atoms with E-state index in [1.807, 2.05) is 0 Å². The van der Waals surface area contributed by atoms with E-state index in [1.54, 1.807) is 0 Å². The third-order valence-electron chi connectivity index (χ3n) is 4.38. The first-order chi connectivity index (χ1) is 14.9. The minimum atomic E-state index is -6.68. The first-order valence-electron chi connectivity index (χ1n) is 8.34. The molecule has 0 saturated carbocycles. The number of hydrogen-bond donors (Lipinski definition) is 1. The maximum atomic E-state index is 14.3. The molecule has 2 aromatic rings. The van der Waals surface area contributed by atoms with Gasteiger partial charge in [-0.1, -0.05) is 12.1 Å². The van der Waals surface area contributed by atoms with E-state index in [0.717, 1.165) is 18.2 Å². The summed E-state index contributed by atoms with van der Waals surface area (Å²) in [4.78, 5) is 22.7. The minimum Gasteiger partial charge on any atom is -0.321 e. The van der Waals surface area contributed by atoms with Crippen molar-refractivity contribution in [3.63, 3.8) is 0 Å². The number of halogens is 11. The molecule has 0 saturated heterocycles. The number of hydrogen-bond acceptors (Lipinski definition) is 3. The van der Waals surface area contributed by atoms with Crippen LogP contribution in [0.4, 0.5) is 59.7 Å². The van der Waals surface area contributed by atoms with Crippen molar-refractivity contribution in [1.82, 2.24) is 0 Å². The molecule has 1 amide bonds. The molecule has 0 spiro atoms. The van der Waals surface area contributed by atoms with Gasteiger partial charge in [0.15, 0.2) is 5.82 Å². The summed E-state index contributed by atoms with van der Waals surface area (Å²) in [6.07, 6.45) is -19.0. The van der Waals surface area contributed by atoms with Gasteiger partial charge in [-0.3, -0.25) is 4.79 Å². The van der Waals surface area contributed by atoms with Crippen LogP contribution in [0.3, 0.4) is 0 Å². The van der Waals surface area contributed by atoms with Crippen LogP contribution in [0, 0.1) is 17.6 Å². The van der Waals surface area contributed by atoms with Crippen LogP contribution in [0.15, 0.2) is 35.5 Å².